The van der Waals surface area contributed by atoms with E-state index < -0.39 is 25.0 Å². The van der Waals surface area contributed by atoms with Crippen LogP contribution in [-0.2, 0) is 9.53 Å². The summed E-state index contributed by atoms with van der Waals surface area (Å²) in [6.07, 6.45) is -2.54. The maximum Gasteiger partial charge on any atom is 0.522 e. The summed E-state index contributed by atoms with van der Waals surface area (Å²) >= 11 is 0. The van der Waals surface area contributed by atoms with Gasteiger partial charge < -0.3 is 5.11 Å². The second-order valence-electron chi connectivity index (χ2n) is 3.68. The molecule has 1 heterocycles. The number of aliphatic carboxylic acids is 1. The number of ether oxygens (including phenoxy) is 1. The molecule has 0 aliphatic carbocycles. The van der Waals surface area contributed by atoms with Crippen LogP contribution in [0.25, 0.3) is 0 Å². The van der Waals surface area contributed by atoms with Crippen LogP contribution in [0.2, 0.25) is 0 Å². The molecule has 0 aromatic carbocycles. The van der Waals surface area contributed by atoms with Crippen LogP contribution in [0.5, 0.6) is 0 Å². The zero-order chi connectivity index (χ0) is 12.2. The minimum absolute atomic E-state index is 0.00350. The molecule has 0 aromatic heterocycles. The number of carbonyl (C=O) groups is 1. The number of carboxylic acids is 1. The molecule has 1 aliphatic heterocycles. The highest BCUT2D eigenvalue weighted by molar-refractivity contribution is 5.73. The van der Waals surface area contributed by atoms with E-state index in [9.17, 15) is 18.0 Å². The fourth-order valence-corrected chi connectivity index (χ4v) is 1.82. The number of nitrogens with zero attached hydrogens (tertiary/aromatic N) is 1. The van der Waals surface area contributed by atoms with Gasteiger partial charge in [-0.15, -0.1) is 13.2 Å². The number of piperidine rings is 1. The van der Waals surface area contributed by atoms with E-state index in [-0.39, 0.29) is 6.54 Å². The normalized spacial score (nSPS) is 23.3. The van der Waals surface area contributed by atoms with Crippen molar-refractivity contribution in [2.24, 2.45) is 0 Å². The fraction of sp³-hybridized carbons (Fsp3) is 0.889. The van der Waals surface area contributed by atoms with E-state index in [0.29, 0.717) is 13.0 Å². The molecule has 1 rings (SSSR count). The average molecular weight is 241 g/mol. The minimum atomic E-state index is -4.64. The molecule has 0 radical (unpaired) electrons. The Morgan fingerprint density at radius 1 is 1.44 bits per heavy atom. The number of carboxylic acid groups (broad SMARTS) is 1. The summed E-state index contributed by atoms with van der Waals surface area (Å²) in [5.41, 5.74) is 0. The molecule has 0 amide bonds. The third kappa shape index (κ3) is 4.36. The fourth-order valence-electron chi connectivity index (χ4n) is 1.82. The van der Waals surface area contributed by atoms with Gasteiger partial charge in [0.05, 0.1) is 6.61 Å². The first-order chi connectivity index (χ1) is 7.40. The van der Waals surface area contributed by atoms with Gasteiger partial charge in [-0.2, -0.15) is 0 Å². The molecule has 1 N–H and O–H groups in total. The maximum atomic E-state index is 11.7. The predicted octanol–water partition coefficient (Wildman–Crippen LogP) is 1.46. The summed E-state index contributed by atoms with van der Waals surface area (Å²) in [6, 6.07) is -0.675. The van der Waals surface area contributed by atoms with Gasteiger partial charge >= 0.3 is 12.3 Å². The molecule has 0 bridgehead atoms. The lowest BCUT2D eigenvalue weighted by Crippen LogP contribution is -2.46. The zero-order valence-corrected chi connectivity index (χ0v) is 8.66. The van der Waals surface area contributed by atoms with Crippen LogP contribution in [0, 0.1) is 0 Å². The summed E-state index contributed by atoms with van der Waals surface area (Å²) in [4.78, 5) is 12.3. The van der Waals surface area contributed by atoms with Crippen LogP contribution in [0.3, 0.4) is 0 Å². The molecular formula is C9H14F3NO3. The Kier molecular flexibility index (Phi) is 4.55. The smallest absolute Gasteiger partial charge is 0.480 e. The standard InChI is InChI=1S/C9H14F3NO3/c10-9(11,12)16-6-5-13-4-2-1-3-7(13)8(14)15/h7H,1-6H2,(H,14,15). The van der Waals surface area contributed by atoms with Gasteiger partial charge in [-0.25, -0.2) is 0 Å². The maximum absolute atomic E-state index is 11.7. The predicted molar refractivity (Wildman–Crippen MR) is 48.9 cm³/mol. The summed E-state index contributed by atoms with van der Waals surface area (Å²) in [5.74, 6) is -0.980. The molecule has 4 nitrogen and oxygen atoms in total. The lowest BCUT2D eigenvalue weighted by molar-refractivity contribution is -0.325. The van der Waals surface area contributed by atoms with Gasteiger partial charge in [-0.05, 0) is 19.4 Å². The molecule has 1 saturated heterocycles. The first-order valence-electron chi connectivity index (χ1n) is 5.08. The number of likely N-dealkylation sites (tertiary alicyclic amines) is 1. The molecule has 1 aliphatic rings. The third-order valence-corrected chi connectivity index (χ3v) is 2.54. The summed E-state index contributed by atoms with van der Waals surface area (Å²) in [7, 11) is 0. The van der Waals surface area contributed by atoms with E-state index in [1.807, 2.05) is 0 Å². The Bertz CT molecular complexity index is 245. The van der Waals surface area contributed by atoms with E-state index in [4.69, 9.17) is 5.11 Å². The molecule has 0 saturated carbocycles. The molecule has 16 heavy (non-hydrogen) atoms. The second kappa shape index (κ2) is 5.49. The van der Waals surface area contributed by atoms with Crippen LogP contribution >= 0.6 is 0 Å². The Balaban J connectivity index is 2.36. The highest BCUT2D eigenvalue weighted by Gasteiger charge is 2.31. The van der Waals surface area contributed by atoms with Crippen LogP contribution in [0.4, 0.5) is 13.2 Å². The Hall–Kier alpha value is -0.820. The SMILES string of the molecule is O=C(O)C1CCCCN1CCOC(F)(F)F. The van der Waals surface area contributed by atoms with E-state index >= 15 is 0 Å². The van der Waals surface area contributed by atoms with Gasteiger partial charge in [0, 0.05) is 6.54 Å². The highest BCUT2D eigenvalue weighted by Crippen LogP contribution is 2.19. The van der Waals surface area contributed by atoms with Crippen molar-refractivity contribution in [3.8, 4) is 0 Å². The first-order valence-corrected chi connectivity index (χ1v) is 5.08. The number of hydrogen-bond acceptors (Lipinski definition) is 3. The van der Waals surface area contributed by atoms with Crippen LogP contribution in [0.15, 0.2) is 0 Å². The first kappa shape index (κ1) is 13.2. The molecule has 94 valence electrons. The van der Waals surface area contributed by atoms with Crippen LogP contribution in [-0.4, -0.2) is 48.1 Å². The number of hydrogen-bond donors (Lipinski definition) is 1. The zero-order valence-electron chi connectivity index (χ0n) is 8.66. The van der Waals surface area contributed by atoms with Crippen LogP contribution in [0.1, 0.15) is 19.3 Å². The van der Waals surface area contributed by atoms with Gasteiger partial charge in [0.1, 0.15) is 6.04 Å². The third-order valence-electron chi connectivity index (χ3n) is 2.54. The molecule has 0 spiro atoms. The molecule has 1 unspecified atom stereocenters. The Morgan fingerprint density at radius 2 is 2.12 bits per heavy atom. The quantitative estimate of drug-likeness (QED) is 0.809. The Morgan fingerprint density at radius 3 is 2.69 bits per heavy atom. The van der Waals surface area contributed by atoms with Gasteiger partial charge in [-0.3, -0.25) is 14.4 Å². The molecule has 7 heteroatoms. The van der Waals surface area contributed by atoms with E-state index in [1.54, 1.807) is 0 Å². The van der Waals surface area contributed by atoms with Crippen molar-refractivity contribution in [2.75, 3.05) is 19.7 Å². The topological polar surface area (TPSA) is 49.8 Å². The van der Waals surface area contributed by atoms with Crippen molar-refractivity contribution in [3.05, 3.63) is 0 Å². The lowest BCUT2D eigenvalue weighted by Gasteiger charge is -2.32. The van der Waals surface area contributed by atoms with Gasteiger partial charge in [-0.1, -0.05) is 6.42 Å². The van der Waals surface area contributed by atoms with Gasteiger partial charge in [0.2, 0.25) is 0 Å². The van der Waals surface area contributed by atoms with E-state index in [0.717, 1.165) is 12.8 Å². The van der Waals surface area contributed by atoms with Gasteiger partial charge in [0.25, 0.3) is 0 Å². The summed E-state index contributed by atoms with van der Waals surface area (Å²) < 4.78 is 38.8. The minimum Gasteiger partial charge on any atom is -0.480 e. The highest BCUT2D eigenvalue weighted by atomic mass is 19.4. The van der Waals surface area contributed by atoms with Crippen molar-refractivity contribution in [1.82, 2.24) is 4.90 Å². The van der Waals surface area contributed by atoms with Crippen molar-refractivity contribution in [1.29, 1.82) is 0 Å². The molecular weight excluding hydrogens is 227 g/mol. The lowest BCUT2D eigenvalue weighted by atomic mass is 10.0. The van der Waals surface area contributed by atoms with Crippen molar-refractivity contribution in [3.63, 3.8) is 0 Å². The average Bonchev–Trinajstić information content (AvgIpc) is 2.16. The second-order valence-corrected chi connectivity index (χ2v) is 3.68. The molecule has 0 aromatic rings. The van der Waals surface area contributed by atoms with E-state index in [2.05, 4.69) is 4.74 Å². The monoisotopic (exact) mass is 241 g/mol. The molecule has 1 fully saturated rings. The summed E-state index contributed by atoms with van der Waals surface area (Å²) in [6.45, 7) is -0.0120. The Labute approximate surface area is 91.0 Å². The summed E-state index contributed by atoms with van der Waals surface area (Å²) in [5, 5.41) is 8.86. The van der Waals surface area contributed by atoms with Crippen molar-refractivity contribution >= 4 is 5.97 Å². The van der Waals surface area contributed by atoms with E-state index in [1.165, 1.54) is 4.90 Å². The molecule has 1 atom stereocenters. The number of alkyl halides is 3. The van der Waals surface area contributed by atoms with Crippen molar-refractivity contribution in [2.45, 2.75) is 31.7 Å². The number of halogens is 3. The van der Waals surface area contributed by atoms with Gasteiger partial charge in [0.15, 0.2) is 0 Å². The largest absolute Gasteiger partial charge is 0.522 e. The van der Waals surface area contributed by atoms with Crippen LogP contribution < -0.4 is 0 Å². The van der Waals surface area contributed by atoms with Crippen molar-refractivity contribution < 1.29 is 27.8 Å². The number of rotatable bonds is 4.